The first-order valence-electron chi connectivity index (χ1n) is 11.1. The Bertz CT molecular complexity index is 1570. The summed E-state index contributed by atoms with van der Waals surface area (Å²) >= 11 is 3.22. The summed E-state index contributed by atoms with van der Waals surface area (Å²) < 4.78 is 58.4. The highest BCUT2D eigenvalue weighted by molar-refractivity contribution is 9.11. The first-order chi connectivity index (χ1) is 17.2. The number of hydrogen-bond donors (Lipinski definition) is 2. The summed E-state index contributed by atoms with van der Waals surface area (Å²) in [5.74, 6) is -0.408. The lowest BCUT2D eigenvalue weighted by molar-refractivity contribution is -0.247. The van der Waals surface area contributed by atoms with Crippen LogP contribution in [-0.2, 0) is 12.0 Å². The Hall–Kier alpha value is -3.43. The highest BCUT2D eigenvalue weighted by Gasteiger charge is 2.57. The SMILES string of the molecule is OC(c1ccc2c(cnn2-c2ccc(F)cc2)c1)(c1c[nH]c2cc(CCC=CBr)ccc12)C(F)(F)F. The fourth-order valence-electron chi connectivity index (χ4n) is 4.46. The van der Waals surface area contributed by atoms with Crippen LogP contribution in [-0.4, -0.2) is 26.0 Å². The quantitative estimate of drug-likeness (QED) is 0.215. The van der Waals surface area contributed by atoms with Crippen LogP contribution in [0.4, 0.5) is 17.6 Å². The number of H-pyrrole nitrogens is 1. The van der Waals surface area contributed by atoms with Gasteiger partial charge in [-0.05, 0) is 71.4 Å². The first-order valence-corrected chi connectivity index (χ1v) is 12.0. The van der Waals surface area contributed by atoms with Crippen LogP contribution >= 0.6 is 15.9 Å². The monoisotopic (exact) mass is 557 g/mol. The molecular formula is C27H20BrF4N3O. The van der Waals surface area contributed by atoms with Crippen molar-refractivity contribution < 1.29 is 22.7 Å². The maximum atomic E-state index is 14.5. The number of nitrogens with one attached hydrogen (secondary N) is 1. The minimum absolute atomic E-state index is 0.276. The van der Waals surface area contributed by atoms with Crippen LogP contribution in [0, 0.1) is 5.82 Å². The van der Waals surface area contributed by atoms with Gasteiger partial charge in [-0.25, -0.2) is 9.07 Å². The number of aliphatic hydroxyl groups is 1. The third-order valence-electron chi connectivity index (χ3n) is 6.29. The lowest BCUT2D eigenvalue weighted by Crippen LogP contribution is -2.43. The minimum atomic E-state index is -5.00. The molecule has 4 nitrogen and oxygen atoms in total. The summed E-state index contributed by atoms with van der Waals surface area (Å²) in [5, 5.41) is 16.2. The molecule has 0 aliphatic rings. The second kappa shape index (κ2) is 9.22. The fraction of sp³-hybridized carbons (Fsp3) is 0.148. The molecule has 1 unspecified atom stereocenters. The molecule has 9 heteroatoms. The van der Waals surface area contributed by atoms with E-state index in [0.717, 1.165) is 18.4 Å². The molecule has 184 valence electrons. The number of hydrogen-bond acceptors (Lipinski definition) is 2. The van der Waals surface area contributed by atoms with Gasteiger partial charge in [0.25, 0.3) is 0 Å². The Morgan fingerprint density at radius 3 is 2.53 bits per heavy atom. The van der Waals surface area contributed by atoms with Crippen LogP contribution in [0.5, 0.6) is 0 Å². The van der Waals surface area contributed by atoms with E-state index in [0.29, 0.717) is 22.1 Å². The van der Waals surface area contributed by atoms with Gasteiger partial charge in [0.15, 0.2) is 0 Å². The van der Waals surface area contributed by atoms with Crippen LogP contribution in [0.1, 0.15) is 23.1 Å². The topological polar surface area (TPSA) is 53.8 Å². The van der Waals surface area contributed by atoms with Crippen molar-refractivity contribution in [2.24, 2.45) is 0 Å². The fourth-order valence-corrected chi connectivity index (χ4v) is 4.72. The van der Waals surface area contributed by atoms with E-state index in [2.05, 4.69) is 26.0 Å². The van der Waals surface area contributed by atoms with Gasteiger partial charge in [0.05, 0.1) is 17.4 Å². The van der Waals surface area contributed by atoms with Gasteiger partial charge >= 0.3 is 6.18 Å². The number of alkyl halides is 3. The molecule has 2 aromatic heterocycles. The van der Waals surface area contributed by atoms with E-state index in [1.807, 2.05) is 6.08 Å². The molecule has 36 heavy (non-hydrogen) atoms. The van der Waals surface area contributed by atoms with Gasteiger partial charge in [-0.1, -0.05) is 40.2 Å². The molecule has 5 rings (SSSR count). The van der Waals surface area contributed by atoms with Crippen LogP contribution in [0.15, 0.2) is 84.1 Å². The van der Waals surface area contributed by atoms with E-state index in [1.165, 1.54) is 59.5 Å². The molecule has 2 N–H and O–H groups in total. The second-order valence-electron chi connectivity index (χ2n) is 8.50. The standard InChI is InChI=1S/C27H20BrF4N3O/c28-12-2-1-3-17-4-10-22-23(16-33-24(22)13-17)26(36,27(30,31)32)19-5-11-25-18(14-19)15-34-35(25)21-8-6-20(29)7-9-21/h2,4-16,33,36H,1,3H2. The summed E-state index contributed by atoms with van der Waals surface area (Å²) in [6, 6.07) is 14.8. The Morgan fingerprint density at radius 2 is 1.81 bits per heavy atom. The number of aryl methyl sites for hydroxylation is 1. The minimum Gasteiger partial charge on any atom is -0.372 e. The van der Waals surface area contributed by atoms with E-state index in [4.69, 9.17) is 0 Å². The zero-order valence-electron chi connectivity index (χ0n) is 18.7. The lowest BCUT2D eigenvalue weighted by atomic mass is 9.84. The lowest BCUT2D eigenvalue weighted by Gasteiger charge is -2.31. The maximum absolute atomic E-state index is 14.5. The first kappa shape index (κ1) is 24.3. The van der Waals surface area contributed by atoms with Crippen molar-refractivity contribution in [3.8, 4) is 5.69 Å². The number of nitrogens with zero attached hydrogens (tertiary/aromatic N) is 2. The summed E-state index contributed by atoms with van der Waals surface area (Å²) in [7, 11) is 0. The zero-order chi connectivity index (χ0) is 25.5. The summed E-state index contributed by atoms with van der Waals surface area (Å²) in [4.78, 5) is 4.67. The Labute approximate surface area is 212 Å². The zero-order valence-corrected chi connectivity index (χ0v) is 20.3. The highest BCUT2D eigenvalue weighted by Crippen LogP contribution is 2.47. The molecule has 0 aliphatic heterocycles. The largest absolute Gasteiger partial charge is 0.425 e. The number of fused-ring (bicyclic) bond motifs is 2. The Morgan fingerprint density at radius 1 is 1.03 bits per heavy atom. The molecular weight excluding hydrogens is 538 g/mol. The number of aromatic amines is 1. The number of rotatable bonds is 6. The molecule has 0 spiro atoms. The van der Waals surface area contributed by atoms with Crippen molar-refractivity contribution >= 4 is 37.7 Å². The average molecular weight is 558 g/mol. The van der Waals surface area contributed by atoms with Crippen molar-refractivity contribution in [2.75, 3.05) is 0 Å². The van der Waals surface area contributed by atoms with Gasteiger partial charge in [-0.2, -0.15) is 18.3 Å². The third-order valence-corrected chi connectivity index (χ3v) is 6.67. The Balaban J connectivity index is 1.59. The molecule has 0 radical (unpaired) electrons. The molecule has 0 fully saturated rings. The van der Waals surface area contributed by atoms with Gasteiger partial charge in [-0.15, -0.1) is 0 Å². The van der Waals surface area contributed by atoms with Crippen LogP contribution in [0.2, 0.25) is 0 Å². The average Bonchev–Trinajstić information content (AvgIpc) is 3.47. The normalized spacial score (nSPS) is 14.2. The van der Waals surface area contributed by atoms with Gasteiger partial charge < -0.3 is 10.1 Å². The van der Waals surface area contributed by atoms with Crippen molar-refractivity contribution in [1.29, 1.82) is 0 Å². The molecule has 0 saturated carbocycles. The maximum Gasteiger partial charge on any atom is 0.425 e. The van der Waals surface area contributed by atoms with Crippen LogP contribution < -0.4 is 0 Å². The van der Waals surface area contributed by atoms with Crippen molar-refractivity contribution in [3.05, 3.63) is 107 Å². The molecule has 3 aromatic carbocycles. The second-order valence-corrected chi connectivity index (χ2v) is 9.03. The summed E-state index contributed by atoms with van der Waals surface area (Å²) in [5.41, 5.74) is -1.29. The van der Waals surface area contributed by atoms with Gasteiger partial charge in [0.1, 0.15) is 5.82 Å². The predicted octanol–water partition coefficient (Wildman–Crippen LogP) is 7.29. The molecule has 0 bridgehead atoms. The molecule has 5 aromatic rings. The Kier molecular flexibility index (Phi) is 6.22. The molecule has 0 aliphatic carbocycles. The van der Waals surface area contributed by atoms with E-state index in [9.17, 15) is 22.7 Å². The van der Waals surface area contributed by atoms with E-state index < -0.39 is 17.6 Å². The highest BCUT2D eigenvalue weighted by atomic mass is 79.9. The number of aromatic nitrogens is 3. The molecule has 1 atom stereocenters. The van der Waals surface area contributed by atoms with Crippen molar-refractivity contribution in [2.45, 2.75) is 24.6 Å². The summed E-state index contributed by atoms with van der Waals surface area (Å²) in [6.07, 6.45) is 1.09. The number of allylic oxidation sites excluding steroid dienone is 1. The van der Waals surface area contributed by atoms with E-state index in [-0.39, 0.29) is 16.5 Å². The van der Waals surface area contributed by atoms with E-state index in [1.54, 1.807) is 23.2 Å². The van der Waals surface area contributed by atoms with Gasteiger partial charge in [-0.3, -0.25) is 0 Å². The number of benzene rings is 3. The van der Waals surface area contributed by atoms with Gasteiger partial charge in [0.2, 0.25) is 5.60 Å². The van der Waals surface area contributed by atoms with Gasteiger partial charge in [0, 0.05) is 28.0 Å². The third kappa shape index (κ3) is 4.12. The van der Waals surface area contributed by atoms with E-state index >= 15 is 0 Å². The molecule has 2 heterocycles. The van der Waals surface area contributed by atoms with Crippen molar-refractivity contribution in [3.63, 3.8) is 0 Å². The smallest absolute Gasteiger partial charge is 0.372 e. The van der Waals surface area contributed by atoms with Crippen LogP contribution in [0.25, 0.3) is 27.5 Å². The predicted molar refractivity (Wildman–Crippen MR) is 135 cm³/mol. The summed E-state index contributed by atoms with van der Waals surface area (Å²) in [6.45, 7) is 0. The van der Waals surface area contributed by atoms with Crippen molar-refractivity contribution in [1.82, 2.24) is 14.8 Å². The molecule has 0 saturated heterocycles. The number of halogens is 5. The molecule has 0 amide bonds. The van der Waals surface area contributed by atoms with Crippen LogP contribution in [0.3, 0.4) is 0 Å².